The number of nitrogens with zero attached hydrogens (tertiary/aromatic N) is 1. The molecule has 128 valence electrons. The molecule has 0 unspecified atom stereocenters. The van der Waals surface area contributed by atoms with E-state index >= 15 is 0 Å². The van der Waals surface area contributed by atoms with Crippen molar-refractivity contribution < 1.29 is 9.47 Å². The van der Waals surface area contributed by atoms with E-state index in [1.54, 1.807) is 7.11 Å². The Morgan fingerprint density at radius 3 is 2.29 bits per heavy atom. The van der Waals surface area contributed by atoms with Gasteiger partial charge in [0.25, 0.3) is 0 Å². The predicted molar refractivity (Wildman–Crippen MR) is 97.6 cm³/mol. The first-order valence-electron chi connectivity index (χ1n) is 8.79. The van der Waals surface area contributed by atoms with Crippen LogP contribution in [0.4, 0.5) is 0 Å². The standard InChI is InChI=1S/C21H27NO2/c1-16(2)24-20-10-6-17(7-11-20)15-22-14-4-5-21(22)18-8-12-19(23-3)13-9-18/h6-13,16,21H,4-5,14-15H2,1-3H3/t21-/m1/s1. The SMILES string of the molecule is COc1ccc([C@H]2CCCN2Cc2ccc(OC(C)C)cc2)cc1. The van der Waals surface area contributed by atoms with E-state index in [2.05, 4.69) is 67.3 Å². The molecule has 1 fully saturated rings. The Morgan fingerprint density at radius 2 is 1.67 bits per heavy atom. The monoisotopic (exact) mass is 325 g/mol. The predicted octanol–water partition coefficient (Wildman–Crippen LogP) is 4.82. The zero-order chi connectivity index (χ0) is 16.9. The molecule has 0 N–H and O–H groups in total. The van der Waals surface area contributed by atoms with Gasteiger partial charge in [0.2, 0.25) is 0 Å². The van der Waals surface area contributed by atoms with Crippen molar-refractivity contribution in [2.75, 3.05) is 13.7 Å². The Bertz CT molecular complexity index is 634. The summed E-state index contributed by atoms with van der Waals surface area (Å²) in [6, 6.07) is 17.5. The summed E-state index contributed by atoms with van der Waals surface area (Å²) in [6.45, 7) is 6.24. The number of likely N-dealkylation sites (tertiary alicyclic amines) is 1. The fourth-order valence-electron chi connectivity index (χ4n) is 3.40. The van der Waals surface area contributed by atoms with E-state index in [0.717, 1.165) is 24.6 Å². The smallest absolute Gasteiger partial charge is 0.119 e. The lowest BCUT2D eigenvalue weighted by atomic mass is 10.0. The molecule has 24 heavy (non-hydrogen) atoms. The highest BCUT2D eigenvalue weighted by atomic mass is 16.5. The lowest BCUT2D eigenvalue weighted by molar-refractivity contribution is 0.240. The second-order valence-corrected chi connectivity index (χ2v) is 6.71. The molecule has 0 aromatic heterocycles. The minimum absolute atomic E-state index is 0.217. The quantitative estimate of drug-likeness (QED) is 0.760. The van der Waals surface area contributed by atoms with E-state index < -0.39 is 0 Å². The Morgan fingerprint density at radius 1 is 1.00 bits per heavy atom. The molecule has 3 rings (SSSR count). The fourth-order valence-corrected chi connectivity index (χ4v) is 3.40. The molecule has 3 heteroatoms. The van der Waals surface area contributed by atoms with Gasteiger partial charge in [0.05, 0.1) is 13.2 Å². The molecule has 1 atom stereocenters. The van der Waals surface area contributed by atoms with Gasteiger partial charge in [-0.05, 0) is 68.6 Å². The second-order valence-electron chi connectivity index (χ2n) is 6.71. The molecule has 2 aromatic carbocycles. The fraction of sp³-hybridized carbons (Fsp3) is 0.429. The normalized spacial score (nSPS) is 18.1. The van der Waals surface area contributed by atoms with Gasteiger partial charge in [0, 0.05) is 12.6 Å². The minimum atomic E-state index is 0.217. The van der Waals surface area contributed by atoms with Crippen LogP contribution in [0.25, 0.3) is 0 Å². The van der Waals surface area contributed by atoms with E-state index in [4.69, 9.17) is 9.47 Å². The molecule has 2 aromatic rings. The first kappa shape index (κ1) is 16.8. The summed E-state index contributed by atoms with van der Waals surface area (Å²) in [4.78, 5) is 2.57. The summed E-state index contributed by atoms with van der Waals surface area (Å²) in [5, 5.41) is 0. The summed E-state index contributed by atoms with van der Waals surface area (Å²) in [6.07, 6.45) is 2.69. The van der Waals surface area contributed by atoms with Crippen molar-refractivity contribution in [3.8, 4) is 11.5 Å². The zero-order valence-corrected chi connectivity index (χ0v) is 14.9. The van der Waals surface area contributed by atoms with Gasteiger partial charge >= 0.3 is 0 Å². The maximum Gasteiger partial charge on any atom is 0.119 e. The van der Waals surface area contributed by atoms with Crippen LogP contribution in [0.2, 0.25) is 0 Å². The van der Waals surface area contributed by atoms with Crippen LogP contribution >= 0.6 is 0 Å². The van der Waals surface area contributed by atoms with Crippen LogP contribution in [0.15, 0.2) is 48.5 Å². The Balaban J connectivity index is 1.67. The molecule has 0 bridgehead atoms. The van der Waals surface area contributed by atoms with Crippen LogP contribution < -0.4 is 9.47 Å². The van der Waals surface area contributed by atoms with Crippen LogP contribution in [0, 0.1) is 0 Å². The molecule has 0 aliphatic carbocycles. The molecule has 0 amide bonds. The lowest BCUT2D eigenvalue weighted by Crippen LogP contribution is -2.22. The number of ether oxygens (including phenoxy) is 2. The van der Waals surface area contributed by atoms with E-state index in [9.17, 15) is 0 Å². The Kier molecular flexibility index (Phi) is 5.41. The lowest BCUT2D eigenvalue weighted by Gasteiger charge is -2.25. The number of benzene rings is 2. The zero-order valence-electron chi connectivity index (χ0n) is 14.9. The third-order valence-corrected chi connectivity index (χ3v) is 4.55. The minimum Gasteiger partial charge on any atom is -0.497 e. The molecule has 3 nitrogen and oxygen atoms in total. The summed E-state index contributed by atoms with van der Waals surface area (Å²) in [5.41, 5.74) is 2.72. The third kappa shape index (κ3) is 4.09. The molecule has 1 heterocycles. The van der Waals surface area contributed by atoms with Crippen molar-refractivity contribution in [3.05, 3.63) is 59.7 Å². The molecular weight excluding hydrogens is 298 g/mol. The molecule has 0 saturated carbocycles. The van der Waals surface area contributed by atoms with Crippen LogP contribution in [0.5, 0.6) is 11.5 Å². The van der Waals surface area contributed by atoms with Crippen molar-refractivity contribution in [2.45, 2.75) is 45.4 Å². The van der Waals surface area contributed by atoms with Gasteiger partial charge in [-0.1, -0.05) is 24.3 Å². The maximum atomic E-state index is 5.73. The Labute approximate surface area is 145 Å². The molecule has 1 aliphatic rings. The second kappa shape index (κ2) is 7.71. The van der Waals surface area contributed by atoms with Gasteiger partial charge in [-0.25, -0.2) is 0 Å². The molecule has 0 spiro atoms. The highest BCUT2D eigenvalue weighted by molar-refractivity contribution is 5.31. The van der Waals surface area contributed by atoms with E-state index in [1.807, 2.05) is 0 Å². The average Bonchev–Trinajstić information content (AvgIpc) is 3.04. The van der Waals surface area contributed by atoms with Crippen LogP contribution in [0.3, 0.4) is 0 Å². The maximum absolute atomic E-state index is 5.73. The van der Waals surface area contributed by atoms with E-state index in [-0.39, 0.29) is 6.10 Å². The number of hydrogen-bond acceptors (Lipinski definition) is 3. The van der Waals surface area contributed by atoms with Crippen molar-refractivity contribution in [1.29, 1.82) is 0 Å². The van der Waals surface area contributed by atoms with Crippen molar-refractivity contribution in [1.82, 2.24) is 4.90 Å². The van der Waals surface area contributed by atoms with Gasteiger partial charge in [-0.3, -0.25) is 4.90 Å². The highest BCUT2D eigenvalue weighted by Crippen LogP contribution is 2.34. The summed E-state index contributed by atoms with van der Waals surface area (Å²) >= 11 is 0. The number of hydrogen-bond donors (Lipinski definition) is 0. The van der Waals surface area contributed by atoms with Gasteiger partial charge < -0.3 is 9.47 Å². The van der Waals surface area contributed by atoms with Crippen molar-refractivity contribution in [3.63, 3.8) is 0 Å². The van der Waals surface area contributed by atoms with E-state index in [0.29, 0.717) is 6.04 Å². The van der Waals surface area contributed by atoms with Crippen molar-refractivity contribution in [2.24, 2.45) is 0 Å². The van der Waals surface area contributed by atoms with Crippen molar-refractivity contribution >= 4 is 0 Å². The van der Waals surface area contributed by atoms with Gasteiger partial charge in [-0.2, -0.15) is 0 Å². The average molecular weight is 325 g/mol. The number of methoxy groups -OCH3 is 1. The molecule has 1 aliphatic heterocycles. The molecule has 0 radical (unpaired) electrons. The highest BCUT2D eigenvalue weighted by Gasteiger charge is 2.25. The Hall–Kier alpha value is -2.00. The summed E-state index contributed by atoms with van der Waals surface area (Å²) in [7, 11) is 1.71. The molecule has 1 saturated heterocycles. The van der Waals surface area contributed by atoms with E-state index in [1.165, 1.54) is 24.0 Å². The number of rotatable bonds is 6. The van der Waals surface area contributed by atoms with Gasteiger partial charge in [0.1, 0.15) is 11.5 Å². The van der Waals surface area contributed by atoms with Crippen LogP contribution in [-0.4, -0.2) is 24.7 Å². The topological polar surface area (TPSA) is 21.7 Å². The van der Waals surface area contributed by atoms with Crippen LogP contribution in [-0.2, 0) is 6.54 Å². The third-order valence-electron chi connectivity index (χ3n) is 4.55. The van der Waals surface area contributed by atoms with Crippen LogP contribution in [0.1, 0.15) is 43.9 Å². The first-order valence-corrected chi connectivity index (χ1v) is 8.79. The molecular formula is C21H27NO2. The first-order chi connectivity index (χ1) is 11.7. The van der Waals surface area contributed by atoms with Gasteiger partial charge in [0.15, 0.2) is 0 Å². The summed E-state index contributed by atoms with van der Waals surface area (Å²) in [5.74, 6) is 1.87. The van der Waals surface area contributed by atoms with Gasteiger partial charge in [-0.15, -0.1) is 0 Å². The largest absolute Gasteiger partial charge is 0.497 e. The summed E-state index contributed by atoms with van der Waals surface area (Å²) < 4.78 is 11.0.